The van der Waals surface area contributed by atoms with E-state index in [4.69, 9.17) is 10.2 Å². The minimum atomic E-state index is -1.20. The fourth-order valence-corrected chi connectivity index (χ4v) is 2.04. The SMILES string of the molecule is CCCCCC(CC(O)O)c1ccccc1. The molecule has 0 aliphatic carbocycles. The number of hydrogen-bond donors (Lipinski definition) is 2. The summed E-state index contributed by atoms with van der Waals surface area (Å²) in [6.45, 7) is 2.18. The zero-order valence-electron chi connectivity index (χ0n) is 9.97. The lowest BCUT2D eigenvalue weighted by molar-refractivity contribution is -0.0504. The molecule has 0 heterocycles. The van der Waals surface area contributed by atoms with Gasteiger partial charge in [-0.3, -0.25) is 0 Å². The van der Waals surface area contributed by atoms with Crippen molar-refractivity contribution in [3.63, 3.8) is 0 Å². The summed E-state index contributed by atoms with van der Waals surface area (Å²) in [7, 11) is 0. The lowest BCUT2D eigenvalue weighted by Gasteiger charge is -2.18. The molecule has 0 amide bonds. The Morgan fingerprint density at radius 3 is 2.31 bits per heavy atom. The summed E-state index contributed by atoms with van der Waals surface area (Å²) in [5, 5.41) is 18.2. The average molecular weight is 222 g/mol. The number of rotatable bonds is 7. The molecule has 0 aliphatic rings. The van der Waals surface area contributed by atoms with Crippen LogP contribution in [0.5, 0.6) is 0 Å². The van der Waals surface area contributed by atoms with Crippen LogP contribution in [0.2, 0.25) is 0 Å². The molecule has 1 aromatic rings. The first kappa shape index (κ1) is 13.2. The Morgan fingerprint density at radius 2 is 1.75 bits per heavy atom. The van der Waals surface area contributed by atoms with E-state index >= 15 is 0 Å². The molecule has 0 fully saturated rings. The smallest absolute Gasteiger partial charge is 0.152 e. The van der Waals surface area contributed by atoms with E-state index in [1.54, 1.807) is 0 Å². The van der Waals surface area contributed by atoms with Crippen LogP contribution in [-0.4, -0.2) is 16.5 Å². The normalized spacial score (nSPS) is 13.0. The molecular formula is C14H22O2. The largest absolute Gasteiger partial charge is 0.368 e. The summed E-state index contributed by atoms with van der Waals surface area (Å²) in [6.07, 6.45) is 3.84. The maximum absolute atomic E-state index is 9.10. The van der Waals surface area contributed by atoms with Gasteiger partial charge < -0.3 is 10.2 Å². The first-order valence-corrected chi connectivity index (χ1v) is 6.15. The molecule has 16 heavy (non-hydrogen) atoms. The highest BCUT2D eigenvalue weighted by Gasteiger charge is 2.14. The Labute approximate surface area is 97.9 Å². The third-order valence-corrected chi connectivity index (χ3v) is 2.92. The molecule has 0 aliphatic heterocycles. The van der Waals surface area contributed by atoms with E-state index in [0.29, 0.717) is 6.42 Å². The first-order valence-electron chi connectivity index (χ1n) is 6.15. The zero-order valence-corrected chi connectivity index (χ0v) is 9.97. The first-order chi connectivity index (χ1) is 7.74. The van der Waals surface area contributed by atoms with Crippen molar-refractivity contribution in [1.82, 2.24) is 0 Å². The zero-order chi connectivity index (χ0) is 11.8. The predicted octanol–water partition coefficient (Wildman–Crippen LogP) is 3.05. The van der Waals surface area contributed by atoms with Crippen molar-refractivity contribution < 1.29 is 10.2 Å². The summed E-state index contributed by atoms with van der Waals surface area (Å²) in [4.78, 5) is 0. The fraction of sp³-hybridized carbons (Fsp3) is 0.571. The molecule has 2 N–H and O–H groups in total. The Morgan fingerprint density at radius 1 is 1.06 bits per heavy atom. The molecule has 0 radical (unpaired) electrons. The van der Waals surface area contributed by atoms with E-state index in [-0.39, 0.29) is 5.92 Å². The summed E-state index contributed by atoms with van der Waals surface area (Å²) in [5.41, 5.74) is 1.21. The quantitative estimate of drug-likeness (QED) is 0.550. The second-order valence-electron chi connectivity index (χ2n) is 4.32. The molecule has 1 atom stereocenters. The van der Waals surface area contributed by atoms with Crippen LogP contribution in [0.15, 0.2) is 30.3 Å². The predicted molar refractivity (Wildman–Crippen MR) is 66.2 cm³/mol. The van der Waals surface area contributed by atoms with Gasteiger partial charge in [0.2, 0.25) is 0 Å². The summed E-state index contributed by atoms with van der Waals surface area (Å²) < 4.78 is 0. The van der Waals surface area contributed by atoms with Crippen molar-refractivity contribution in [2.75, 3.05) is 0 Å². The molecule has 1 unspecified atom stereocenters. The maximum atomic E-state index is 9.10. The van der Waals surface area contributed by atoms with Crippen LogP contribution >= 0.6 is 0 Å². The highest BCUT2D eigenvalue weighted by Crippen LogP contribution is 2.26. The molecule has 0 aromatic heterocycles. The second kappa shape index (κ2) is 7.42. The van der Waals surface area contributed by atoms with Gasteiger partial charge in [-0.2, -0.15) is 0 Å². The van der Waals surface area contributed by atoms with Crippen LogP contribution in [0.3, 0.4) is 0 Å². The Balaban J connectivity index is 2.56. The summed E-state index contributed by atoms with van der Waals surface area (Å²) in [5.74, 6) is 0.271. The van der Waals surface area contributed by atoms with Crippen LogP contribution in [0.4, 0.5) is 0 Å². The molecule has 0 saturated carbocycles. The highest BCUT2D eigenvalue weighted by molar-refractivity contribution is 5.19. The number of aliphatic hydroxyl groups excluding tert-OH is 1. The molecule has 1 aromatic carbocycles. The van der Waals surface area contributed by atoms with Gasteiger partial charge in [0.05, 0.1) is 0 Å². The van der Waals surface area contributed by atoms with Gasteiger partial charge >= 0.3 is 0 Å². The van der Waals surface area contributed by atoms with Crippen LogP contribution < -0.4 is 0 Å². The Hall–Kier alpha value is -0.860. The molecule has 0 spiro atoms. The minimum Gasteiger partial charge on any atom is -0.368 e. The number of hydrogen-bond acceptors (Lipinski definition) is 2. The molecular weight excluding hydrogens is 200 g/mol. The van der Waals surface area contributed by atoms with E-state index in [0.717, 1.165) is 12.8 Å². The van der Waals surface area contributed by atoms with Gasteiger partial charge in [-0.25, -0.2) is 0 Å². The van der Waals surface area contributed by atoms with Crippen LogP contribution in [-0.2, 0) is 0 Å². The second-order valence-corrected chi connectivity index (χ2v) is 4.32. The number of benzene rings is 1. The van der Waals surface area contributed by atoms with Gasteiger partial charge in [-0.15, -0.1) is 0 Å². The lowest BCUT2D eigenvalue weighted by atomic mass is 9.90. The van der Waals surface area contributed by atoms with Crippen LogP contribution in [0.25, 0.3) is 0 Å². The molecule has 1 rings (SSSR count). The van der Waals surface area contributed by atoms with E-state index in [2.05, 4.69) is 19.1 Å². The monoisotopic (exact) mass is 222 g/mol. The van der Waals surface area contributed by atoms with Crippen molar-refractivity contribution in [3.05, 3.63) is 35.9 Å². The lowest BCUT2D eigenvalue weighted by Crippen LogP contribution is -2.11. The molecule has 0 saturated heterocycles. The van der Waals surface area contributed by atoms with Gasteiger partial charge in [0.1, 0.15) is 0 Å². The highest BCUT2D eigenvalue weighted by atomic mass is 16.5. The van der Waals surface area contributed by atoms with Gasteiger partial charge in [-0.05, 0) is 17.9 Å². The summed E-state index contributed by atoms with van der Waals surface area (Å²) >= 11 is 0. The maximum Gasteiger partial charge on any atom is 0.152 e. The van der Waals surface area contributed by atoms with Gasteiger partial charge in [0.25, 0.3) is 0 Å². The van der Waals surface area contributed by atoms with E-state index in [1.807, 2.05) is 18.2 Å². The fourth-order valence-electron chi connectivity index (χ4n) is 2.04. The van der Waals surface area contributed by atoms with Crippen molar-refractivity contribution in [2.24, 2.45) is 0 Å². The topological polar surface area (TPSA) is 40.5 Å². The van der Waals surface area contributed by atoms with Gasteiger partial charge in [-0.1, -0.05) is 56.5 Å². The van der Waals surface area contributed by atoms with E-state index < -0.39 is 6.29 Å². The average Bonchev–Trinajstić information content (AvgIpc) is 2.29. The van der Waals surface area contributed by atoms with E-state index in [9.17, 15) is 0 Å². The van der Waals surface area contributed by atoms with Crippen molar-refractivity contribution in [1.29, 1.82) is 0 Å². The molecule has 0 bridgehead atoms. The number of aliphatic hydroxyl groups is 2. The van der Waals surface area contributed by atoms with Crippen molar-refractivity contribution in [2.45, 2.75) is 51.2 Å². The van der Waals surface area contributed by atoms with Crippen molar-refractivity contribution >= 4 is 0 Å². The number of unbranched alkanes of at least 4 members (excludes halogenated alkanes) is 2. The molecule has 2 heteroatoms. The van der Waals surface area contributed by atoms with Gasteiger partial charge in [0, 0.05) is 6.42 Å². The van der Waals surface area contributed by atoms with Crippen LogP contribution in [0.1, 0.15) is 50.5 Å². The minimum absolute atomic E-state index is 0.271. The standard InChI is InChI=1S/C14H22O2/c1-2-3-5-10-13(11-14(15)16)12-8-6-4-7-9-12/h4,6-9,13-16H,2-3,5,10-11H2,1H3. The van der Waals surface area contributed by atoms with Crippen LogP contribution in [0, 0.1) is 0 Å². The van der Waals surface area contributed by atoms with Gasteiger partial charge in [0.15, 0.2) is 6.29 Å². The molecule has 90 valence electrons. The summed E-state index contributed by atoms with van der Waals surface area (Å²) in [6, 6.07) is 10.1. The third-order valence-electron chi connectivity index (χ3n) is 2.92. The Bertz CT molecular complexity index is 269. The Kier molecular flexibility index (Phi) is 6.12. The third kappa shape index (κ3) is 4.77. The molecule has 2 nitrogen and oxygen atoms in total. The van der Waals surface area contributed by atoms with Crippen molar-refractivity contribution in [3.8, 4) is 0 Å². The van der Waals surface area contributed by atoms with E-state index in [1.165, 1.54) is 18.4 Å².